The Kier molecular flexibility index (Phi) is 3.08. The Bertz CT molecular complexity index is 349. The van der Waals surface area contributed by atoms with Crippen molar-refractivity contribution >= 4 is 0 Å². The van der Waals surface area contributed by atoms with Crippen LogP contribution in [0.3, 0.4) is 0 Å². The Balaban J connectivity index is 1.98. The summed E-state index contributed by atoms with van der Waals surface area (Å²) in [5, 5.41) is 3.32. The second-order valence-corrected chi connectivity index (χ2v) is 4.22. The lowest BCUT2D eigenvalue weighted by Gasteiger charge is -2.12. The second kappa shape index (κ2) is 4.51. The molecule has 0 saturated heterocycles. The van der Waals surface area contributed by atoms with Gasteiger partial charge in [-0.05, 0) is 30.9 Å². The van der Waals surface area contributed by atoms with Crippen LogP contribution >= 0.6 is 0 Å². The van der Waals surface area contributed by atoms with Crippen molar-refractivity contribution in [2.24, 2.45) is 5.92 Å². The van der Waals surface area contributed by atoms with Crippen LogP contribution in [0.5, 0.6) is 0 Å². The standard InChI is InChI=1S/C14H17N/c1-3-7-14(15-2)13-10-12(13)11-8-5-4-6-9-11/h1,4-6,8-9,12-15H,7,10H2,2H3. The first-order chi connectivity index (χ1) is 7.36. The van der Waals surface area contributed by atoms with E-state index in [9.17, 15) is 0 Å². The van der Waals surface area contributed by atoms with E-state index in [1.54, 1.807) is 0 Å². The van der Waals surface area contributed by atoms with Gasteiger partial charge in [0.25, 0.3) is 0 Å². The highest BCUT2D eigenvalue weighted by molar-refractivity contribution is 5.27. The Labute approximate surface area is 91.9 Å². The molecule has 0 spiro atoms. The number of rotatable bonds is 4. The Hall–Kier alpha value is -1.26. The Morgan fingerprint density at radius 1 is 1.47 bits per heavy atom. The predicted molar refractivity (Wildman–Crippen MR) is 63.6 cm³/mol. The zero-order valence-corrected chi connectivity index (χ0v) is 9.11. The fourth-order valence-electron chi connectivity index (χ4n) is 2.34. The molecule has 0 heterocycles. The highest BCUT2D eigenvalue weighted by Crippen LogP contribution is 2.49. The van der Waals surface area contributed by atoms with Crippen LogP contribution in [0.2, 0.25) is 0 Å². The maximum atomic E-state index is 5.36. The normalized spacial score (nSPS) is 25.6. The van der Waals surface area contributed by atoms with Crippen LogP contribution in [-0.2, 0) is 0 Å². The van der Waals surface area contributed by atoms with Crippen LogP contribution in [0.4, 0.5) is 0 Å². The van der Waals surface area contributed by atoms with Gasteiger partial charge >= 0.3 is 0 Å². The fourth-order valence-corrected chi connectivity index (χ4v) is 2.34. The summed E-state index contributed by atoms with van der Waals surface area (Å²) >= 11 is 0. The minimum absolute atomic E-state index is 0.486. The fraction of sp³-hybridized carbons (Fsp3) is 0.429. The quantitative estimate of drug-likeness (QED) is 0.734. The van der Waals surface area contributed by atoms with Crippen LogP contribution < -0.4 is 5.32 Å². The molecule has 3 atom stereocenters. The maximum absolute atomic E-state index is 5.36. The minimum atomic E-state index is 0.486. The van der Waals surface area contributed by atoms with Gasteiger partial charge in [-0.3, -0.25) is 0 Å². The summed E-state index contributed by atoms with van der Waals surface area (Å²) in [6, 6.07) is 11.2. The van der Waals surface area contributed by atoms with Gasteiger partial charge in [0.05, 0.1) is 0 Å². The molecule has 0 radical (unpaired) electrons. The van der Waals surface area contributed by atoms with Gasteiger partial charge in [0.1, 0.15) is 0 Å². The van der Waals surface area contributed by atoms with Gasteiger partial charge in [-0.15, -0.1) is 12.3 Å². The number of nitrogens with one attached hydrogen (secondary N) is 1. The molecule has 2 rings (SSSR count). The van der Waals surface area contributed by atoms with Gasteiger partial charge in [0, 0.05) is 12.5 Å². The van der Waals surface area contributed by atoms with E-state index in [1.807, 2.05) is 7.05 Å². The van der Waals surface area contributed by atoms with E-state index in [0.717, 1.165) is 18.3 Å². The monoisotopic (exact) mass is 199 g/mol. The summed E-state index contributed by atoms with van der Waals surface area (Å²) in [5.41, 5.74) is 1.46. The Morgan fingerprint density at radius 2 is 2.20 bits per heavy atom. The minimum Gasteiger partial charge on any atom is -0.316 e. The van der Waals surface area contributed by atoms with Gasteiger partial charge in [-0.25, -0.2) is 0 Å². The highest BCUT2D eigenvalue weighted by Gasteiger charge is 2.42. The van der Waals surface area contributed by atoms with Crippen molar-refractivity contribution in [2.75, 3.05) is 7.05 Å². The summed E-state index contributed by atoms with van der Waals surface area (Å²) < 4.78 is 0. The number of hydrogen-bond acceptors (Lipinski definition) is 1. The number of terminal acetylenes is 1. The third kappa shape index (κ3) is 2.22. The van der Waals surface area contributed by atoms with Crippen LogP contribution in [-0.4, -0.2) is 13.1 Å². The van der Waals surface area contributed by atoms with Gasteiger partial charge < -0.3 is 5.32 Å². The summed E-state index contributed by atoms with van der Waals surface area (Å²) in [7, 11) is 2.00. The molecule has 1 fully saturated rings. The molecule has 0 aromatic heterocycles. The van der Waals surface area contributed by atoms with Crippen LogP contribution in [0.15, 0.2) is 30.3 Å². The highest BCUT2D eigenvalue weighted by atomic mass is 14.9. The Morgan fingerprint density at radius 3 is 2.80 bits per heavy atom. The predicted octanol–water partition coefficient (Wildman–Crippen LogP) is 2.40. The molecule has 1 heteroatoms. The van der Waals surface area contributed by atoms with Crippen molar-refractivity contribution in [2.45, 2.75) is 24.8 Å². The smallest absolute Gasteiger partial charge is 0.0243 e. The van der Waals surface area contributed by atoms with Crippen molar-refractivity contribution in [3.05, 3.63) is 35.9 Å². The molecule has 78 valence electrons. The molecular formula is C14H17N. The summed E-state index contributed by atoms with van der Waals surface area (Å²) in [4.78, 5) is 0. The van der Waals surface area contributed by atoms with E-state index in [0.29, 0.717) is 6.04 Å². The lowest BCUT2D eigenvalue weighted by Crippen LogP contribution is -2.27. The van der Waals surface area contributed by atoms with Gasteiger partial charge in [0.2, 0.25) is 0 Å². The van der Waals surface area contributed by atoms with Crippen molar-refractivity contribution in [1.82, 2.24) is 5.32 Å². The summed E-state index contributed by atoms with van der Waals surface area (Å²) in [6.07, 6.45) is 7.48. The molecule has 1 aromatic rings. The maximum Gasteiger partial charge on any atom is 0.0243 e. The van der Waals surface area contributed by atoms with E-state index in [2.05, 4.69) is 41.6 Å². The number of hydrogen-bond donors (Lipinski definition) is 1. The largest absolute Gasteiger partial charge is 0.316 e. The van der Waals surface area contributed by atoms with E-state index >= 15 is 0 Å². The van der Waals surface area contributed by atoms with E-state index in [-0.39, 0.29) is 0 Å². The molecule has 1 saturated carbocycles. The first-order valence-electron chi connectivity index (χ1n) is 5.52. The van der Waals surface area contributed by atoms with Gasteiger partial charge in [-0.2, -0.15) is 0 Å². The van der Waals surface area contributed by atoms with Crippen molar-refractivity contribution in [3.63, 3.8) is 0 Å². The molecule has 1 N–H and O–H groups in total. The number of benzene rings is 1. The average Bonchev–Trinajstić information content (AvgIpc) is 3.07. The van der Waals surface area contributed by atoms with Gasteiger partial charge in [0.15, 0.2) is 0 Å². The molecule has 1 aliphatic rings. The van der Waals surface area contributed by atoms with Crippen molar-refractivity contribution in [3.8, 4) is 12.3 Å². The molecular weight excluding hydrogens is 182 g/mol. The molecule has 15 heavy (non-hydrogen) atoms. The lowest BCUT2D eigenvalue weighted by molar-refractivity contribution is 0.504. The third-order valence-electron chi connectivity index (χ3n) is 3.29. The molecule has 0 amide bonds. The summed E-state index contributed by atoms with van der Waals surface area (Å²) in [6.45, 7) is 0. The topological polar surface area (TPSA) is 12.0 Å². The average molecular weight is 199 g/mol. The van der Waals surface area contributed by atoms with Crippen LogP contribution in [0.1, 0.15) is 24.3 Å². The zero-order valence-electron chi connectivity index (χ0n) is 9.11. The molecule has 1 aromatic carbocycles. The van der Waals surface area contributed by atoms with Gasteiger partial charge in [-0.1, -0.05) is 30.3 Å². The molecule has 0 aliphatic heterocycles. The van der Waals surface area contributed by atoms with Crippen LogP contribution in [0.25, 0.3) is 0 Å². The first kappa shape index (κ1) is 10.3. The van der Waals surface area contributed by atoms with Crippen LogP contribution in [0, 0.1) is 18.3 Å². The SMILES string of the molecule is C#CCC(NC)C1CC1c1ccccc1. The van der Waals surface area contributed by atoms with E-state index < -0.39 is 0 Å². The second-order valence-electron chi connectivity index (χ2n) is 4.22. The van der Waals surface area contributed by atoms with Crippen molar-refractivity contribution < 1.29 is 0 Å². The van der Waals surface area contributed by atoms with E-state index in [1.165, 1.54) is 12.0 Å². The first-order valence-corrected chi connectivity index (χ1v) is 5.52. The summed E-state index contributed by atoms with van der Waals surface area (Å²) in [5.74, 6) is 4.20. The molecule has 0 bridgehead atoms. The molecule has 3 unspecified atom stereocenters. The molecule has 1 nitrogen and oxygen atoms in total. The zero-order chi connectivity index (χ0) is 10.7. The van der Waals surface area contributed by atoms with Crippen molar-refractivity contribution in [1.29, 1.82) is 0 Å². The molecule has 1 aliphatic carbocycles. The lowest BCUT2D eigenvalue weighted by atomic mass is 10.0. The third-order valence-corrected chi connectivity index (χ3v) is 3.29. The van der Waals surface area contributed by atoms with E-state index in [4.69, 9.17) is 6.42 Å².